The van der Waals surface area contributed by atoms with Crippen molar-refractivity contribution in [3.63, 3.8) is 0 Å². The van der Waals surface area contributed by atoms with Gasteiger partial charge in [0, 0.05) is 17.9 Å². The molecule has 2 nitrogen and oxygen atoms in total. The first-order chi connectivity index (χ1) is 5.84. The first-order valence-corrected chi connectivity index (χ1v) is 5.21. The lowest BCUT2D eigenvalue weighted by Gasteiger charge is -2.06. The molecule has 1 unspecified atom stereocenters. The van der Waals surface area contributed by atoms with Crippen molar-refractivity contribution in [3.8, 4) is 6.07 Å². The largest absolute Gasteiger partial charge is 0.369 e. The van der Waals surface area contributed by atoms with E-state index in [9.17, 15) is 4.89 Å². The summed E-state index contributed by atoms with van der Waals surface area (Å²) >= 11 is 0. The fourth-order valence-electron chi connectivity index (χ4n) is 0.885. The van der Waals surface area contributed by atoms with Gasteiger partial charge in [-0.15, -0.1) is 0 Å². The van der Waals surface area contributed by atoms with E-state index in [4.69, 9.17) is 5.26 Å². The van der Waals surface area contributed by atoms with Crippen molar-refractivity contribution in [2.75, 3.05) is 6.16 Å². The van der Waals surface area contributed by atoms with E-state index in [1.165, 1.54) is 0 Å². The molecule has 0 aliphatic carbocycles. The Morgan fingerprint density at radius 1 is 1.33 bits per heavy atom. The summed E-state index contributed by atoms with van der Waals surface area (Å²) in [6.07, 6.45) is 1.01. The summed E-state index contributed by atoms with van der Waals surface area (Å²) in [5.41, 5.74) is 0. The highest BCUT2D eigenvalue weighted by Crippen LogP contribution is 2.28. The molecular weight excluding hydrogens is 169 g/mol. The van der Waals surface area contributed by atoms with Crippen LogP contribution in [0.3, 0.4) is 0 Å². The van der Waals surface area contributed by atoms with E-state index >= 15 is 0 Å². The number of hydrogen-bond donors (Lipinski definition) is 1. The second kappa shape index (κ2) is 4.87. The molecule has 0 spiro atoms. The third-order valence-corrected chi connectivity index (χ3v) is 3.03. The maximum absolute atomic E-state index is 9.57. The standard InChI is InChI=1S/C9H10NOP/c10-7-4-8-12(11)9-5-2-1-3-6-9/h1-3,5-6,11H,4,8H2. The molecule has 0 aliphatic rings. The zero-order chi connectivity index (χ0) is 8.81. The van der Waals surface area contributed by atoms with Crippen LogP contribution in [0.15, 0.2) is 30.3 Å². The molecule has 0 aromatic heterocycles. The highest BCUT2D eigenvalue weighted by molar-refractivity contribution is 7.59. The quantitative estimate of drug-likeness (QED) is 0.716. The maximum atomic E-state index is 9.57. The van der Waals surface area contributed by atoms with E-state index in [2.05, 4.69) is 0 Å². The van der Waals surface area contributed by atoms with Gasteiger partial charge in [-0.2, -0.15) is 5.26 Å². The molecule has 0 aliphatic heterocycles. The number of benzene rings is 1. The van der Waals surface area contributed by atoms with Crippen LogP contribution in [0.1, 0.15) is 6.42 Å². The van der Waals surface area contributed by atoms with Gasteiger partial charge in [-0.05, 0) is 0 Å². The van der Waals surface area contributed by atoms with Gasteiger partial charge in [0.2, 0.25) is 0 Å². The Balaban J connectivity index is 2.55. The van der Waals surface area contributed by atoms with Crippen LogP contribution in [-0.4, -0.2) is 11.1 Å². The zero-order valence-electron chi connectivity index (χ0n) is 6.64. The molecule has 0 fully saturated rings. The Kier molecular flexibility index (Phi) is 3.73. The molecule has 1 aromatic rings. The lowest BCUT2D eigenvalue weighted by Crippen LogP contribution is -2.01. The van der Waals surface area contributed by atoms with Crippen molar-refractivity contribution in [2.24, 2.45) is 0 Å². The van der Waals surface area contributed by atoms with Crippen molar-refractivity contribution in [2.45, 2.75) is 6.42 Å². The number of hydrogen-bond acceptors (Lipinski definition) is 2. The van der Waals surface area contributed by atoms with E-state index in [-0.39, 0.29) is 0 Å². The van der Waals surface area contributed by atoms with Crippen molar-refractivity contribution >= 4 is 13.5 Å². The minimum absolute atomic E-state index is 0.428. The topological polar surface area (TPSA) is 44.0 Å². The summed E-state index contributed by atoms with van der Waals surface area (Å²) in [6.45, 7) is 0. The van der Waals surface area contributed by atoms with E-state index in [1.54, 1.807) is 0 Å². The summed E-state index contributed by atoms with van der Waals surface area (Å²) in [5.74, 6) is 0. The molecule has 0 saturated carbocycles. The molecule has 62 valence electrons. The number of nitrogens with zero attached hydrogens (tertiary/aromatic N) is 1. The SMILES string of the molecule is N#CCCP(O)c1ccccc1. The van der Waals surface area contributed by atoms with E-state index < -0.39 is 8.15 Å². The summed E-state index contributed by atoms with van der Waals surface area (Å²) < 4.78 is 0. The lowest BCUT2D eigenvalue weighted by molar-refractivity contribution is 0.634. The molecule has 0 saturated heterocycles. The van der Waals surface area contributed by atoms with Gasteiger partial charge in [0.1, 0.15) is 0 Å². The normalized spacial score (nSPS) is 12.0. The Morgan fingerprint density at radius 2 is 2.00 bits per heavy atom. The smallest absolute Gasteiger partial charge is 0.0626 e. The van der Waals surface area contributed by atoms with Gasteiger partial charge in [0.05, 0.1) is 14.2 Å². The Bertz CT molecular complexity index is 268. The van der Waals surface area contributed by atoms with Crippen LogP contribution >= 0.6 is 8.15 Å². The first kappa shape index (κ1) is 9.19. The average Bonchev–Trinajstić information content (AvgIpc) is 2.15. The molecule has 12 heavy (non-hydrogen) atoms. The Hall–Kier alpha value is -0.900. The molecule has 0 bridgehead atoms. The fraction of sp³-hybridized carbons (Fsp3) is 0.222. The van der Waals surface area contributed by atoms with Gasteiger partial charge < -0.3 is 4.89 Å². The van der Waals surface area contributed by atoms with E-state index in [0.717, 1.165) is 5.30 Å². The van der Waals surface area contributed by atoms with Crippen LogP contribution in [0.25, 0.3) is 0 Å². The van der Waals surface area contributed by atoms with Gasteiger partial charge in [0.25, 0.3) is 0 Å². The van der Waals surface area contributed by atoms with Gasteiger partial charge in [-0.3, -0.25) is 0 Å². The molecular formula is C9H10NOP. The van der Waals surface area contributed by atoms with Crippen LogP contribution in [0.5, 0.6) is 0 Å². The Labute approximate surface area is 73.3 Å². The van der Waals surface area contributed by atoms with Gasteiger partial charge in [-0.1, -0.05) is 30.3 Å². The predicted octanol–water partition coefficient (Wildman–Crippen LogP) is 1.61. The minimum atomic E-state index is -1.10. The summed E-state index contributed by atoms with van der Waals surface area (Å²) in [4.78, 5) is 9.57. The summed E-state index contributed by atoms with van der Waals surface area (Å²) in [7, 11) is -1.10. The number of rotatable bonds is 3. The summed E-state index contributed by atoms with van der Waals surface area (Å²) in [6, 6.07) is 11.5. The van der Waals surface area contributed by atoms with E-state index in [1.807, 2.05) is 36.4 Å². The molecule has 0 heterocycles. The zero-order valence-corrected chi connectivity index (χ0v) is 7.54. The maximum Gasteiger partial charge on any atom is 0.0626 e. The first-order valence-electron chi connectivity index (χ1n) is 3.73. The number of nitriles is 1. The predicted molar refractivity (Wildman–Crippen MR) is 50.3 cm³/mol. The highest BCUT2D eigenvalue weighted by atomic mass is 31.1. The van der Waals surface area contributed by atoms with Crippen LogP contribution < -0.4 is 5.30 Å². The van der Waals surface area contributed by atoms with Gasteiger partial charge in [0.15, 0.2) is 0 Å². The lowest BCUT2D eigenvalue weighted by atomic mass is 10.4. The summed E-state index contributed by atoms with van der Waals surface area (Å²) in [5, 5.41) is 9.26. The van der Waals surface area contributed by atoms with Crippen molar-refractivity contribution in [3.05, 3.63) is 30.3 Å². The van der Waals surface area contributed by atoms with Crippen LogP contribution in [0.2, 0.25) is 0 Å². The van der Waals surface area contributed by atoms with Gasteiger partial charge in [-0.25, -0.2) is 0 Å². The average molecular weight is 179 g/mol. The van der Waals surface area contributed by atoms with Crippen molar-refractivity contribution in [1.82, 2.24) is 0 Å². The molecule has 1 rings (SSSR count). The second-order valence-electron chi connectivity index (χ2n) is 2.37. The van der Waals surface area contributed by atoms with Crippen molar-refractivity contribution in [1.29, 1.82) is 5.26 Å². The van der Waals surface area contributed by atoms with Crippen LogP contribution in [-0.2, 0) is 0 Å². The fourth-order valence-corrected chi connectivity index (χ4v) is 1.97. The molecule has 1 atom stereocenters. The third-order valence-electron chi connectivity index (χ3n) is 1.49. The minimum Gasteiger partial charge on any atom is -0.369 e. The van der Waals surface area contributed by atoms with Crippen LogP contribution in [0.4, 0.5) is 0 Å². The van der Waals surface area contributed by atoms with Gasteiger partial charge >= 0.3 is 0 Å². The molecule has 0 amide bonds. The molecule has 3 heteroatoms. The monoisotopic (exact) mass is 179 g/mol. The van der Waals surface area contributed by atoms with Crippen molar-refractivity contribution < 1.29 is 4.89 Å². The third kappa shape index (κ3) is 2.62. The van der Waals surface area contributed by atoms with Crippen LogP contribution in [0, 0.1) is 11.3 Å². The van der Waals surface area contributed by atoms with E-state index in [0.29, 0.717) is 12.6 Å². The second-order valence-corrected chi connectivity index (χ2v) is 4.13. The molecule has 0 radical (unpaired) electrons. The highest BCUT2D eigenvalue weighted by Gasteiger charge is 2.04. The molecule has 1 aromatic carbocycles. The molecule has 1 N–H and O–H groups in total. The Morgan fingerprint density at radius 3 is 2.58 bits per heavy atom.